The highest BCUT2D eigenvalue weighted by atomic mass is 35.5. The summed E-state index contributed by atoms with van der Waals surface area (Å²) in [5, 5.41) is 5.31. The summed E-state index contributed by atoms with van der Waals surface area (Å²) in [7, 11) is -3.56. The molecule has 1 aliphatic carbocycles. The number of aromatic nitrogens is 2. The van der Waals surface area contributed by atoms with Crippen LogP contribution in [-0.2, 0) is 15.4 Å². The van der Waals surface area contributed by atoms with E-state index in [1.807, 2.05) is 30.3 Å². The first kappa shape index (κ1) is 16.8. The summed E-state index contributed by atoms with van der Waals surface area (Å²) in [6, 6.07) is 13.2. The van der Waals surface area contributed by atoms with Crippen LogP contribution in [0.15, 0.2) is 59.1 Å². The smallest absolute Gasteiger partial charge is 0.229 e. The predicted octanol–water partition coefficient (Wildman–Crippen LogP) is 3.60. The van der Waals surface area contributed by atoms with Crippen molar-refractivity contribution in [1.82, 2.24) is 14.5 Å². The van der Waals surface area contributed by atoms with Gasteiger partial charge in [0, 0.05) is 11.5 Å². The third kappa shape index (κ3) is 3.13. The van der Waals surface area contributed by atoms with Crippen LogP contribution in [0.2, 0.25) is 5.02 Å². The van der Waals surface area contributed by atoms with Crippen LogP contribution in [-0.4, -0.2) is 24.2 Å². The van der Waals surface area contributed by atoms with Crippen molar-refractivity contribution in [3.05, 3.63) is 65.4 Å². The van der Waals surface area contributed by atoms with Crippen molar-refractivity contribution >= 4 is 33.0 Å². The Balaban J connectivity index is 1.53. The molecule has 0 bridgehead atoms. The number of halogens is 1. The summed E-state index contributed by atoms with van der Waals surface area (Å²) < 4.78 is 30.1. The lowest BCUT2D eigenvalue weighted by atomic mass is 9.98. The lowest BCUT2D eigenvalue weighted by molar-refractivity contribution is 0.576. The van der Waals surface area contributed by atoms with Gasteiger partial charge < -0.3 is 0 Å². The highest BCUT2D eigenvalue weighted by Crippen LogP contribution is 2.48. The molecule has 2 heterocycles. The molecule has 2 atom stereocenters. The second-order valence-corrected chi connectivity index (χ2v) is 9.80. The minimum absolute atomic E-state index is 0.0930. The van der Waals surface area contributed by atoms with Gasteiger partial charge in [0.25, 0.3) is 0 Å². The van der Waals surface area contributed by atoms with Gasteiger partial charge in [0.05, 0.1) is 17.4 Å². The van der Waals surface area contributed by atoms with E-state index in [1.54, 1.807) is 23.0 Å². The molecular weight excluding hydrogens is 378 g/mol. The van der Waals surface area contributed by atoms with Crippen LogP contribution in [0.5, 0.6) is 0 Å². The quantitative estimate of drug-likeness (QED) is 0.720. The fraction of sp³-hybridized carbons (Fsp3) is 0.235. The Bertz CT molecular complexity index is 1010. The first-order valence-electron chi connectivity index (χ1n) is 7.77. The minimum atomic E-state index is -3.56. The molecule has 1 aromatic carbocycles. The molecule has 0 spiro atoms. The molecule has 0 saturated heterocycles. The van der Waals surface area contributed by atoms with Gasteiger partial charge in [-0.2, -0.15) is 5.10 Å². The van der Waals surface area contributed by atoms with E-state index < -0.39 is 10.0 Å². The van der Waals surface area contributed by atoms with Crippen molar-refractivity contribution in [2.45, 2.75) is 29.0 Å². The molecule has 0 unspecified atom stereocenters. The number of nitrogens with zero attached hydrogens (tertiary/aromatic N) is 2. The summed E-state index contributed by atoms with van der Waals surface area (Å²) >= 11 is 7.03. The zero-order valence-electron chi connectivity index (χ0n) is 13.4. The molecule has 130 valence electrons. The van der Waals surface area contributed by atoms with Crippen molar-refractivity contribution in [2.75, 3.05) is 0 Å². The van der Waals surface area contributed by atoms with Crippen molar-refractivity contribution < 1.29 is 8.42 Å². The minimum Gasteiger partial charge on any atom is -0.229 e. The number of benzene rings is 1. The third-order valence-corrected chi connectivity index (χ3v) is 7.81. The lowest BCUT2D eigenvalue weighted by Gasteiger charge is -2.12. The maximum Gasteiger partial charge on any atom is 0.250 e. The molecule has 5 nitrogen and oxygen atoms in total. The Morgan fingerprint density at radius 1 is 1.28 bits per heavy atom. The van der Waals surface area contributed by atoms with Gasteiger partial charge in [-0.25, -0.2) is 17.8 Å². The summed E-state index contributed by atoms with van der Waals surface area (Å²) in [6.07, 6.45) is 3.96. The normalized spacial score (nSPS) is 22.9. The van der Waals surface area contributed by atoms with Crippen molar-refractivity contribution in [2.24, 2.45) is 0 Å². The average Bonchev–Trinajstić information content (AvgIpc) is 3.01. The Kier molecular flexibility index (Phi) is 3.99. The summed E-state index contributed by atoms with van der Waals surface area (Å²) in [4.78, 5) is 0. The highest BCUT2D eigenvalue weighted by Gasteiger charge is 2.53. The van der Waals surface area contributed by atoms with Gasteiger partial charge in [-0.15, -0.1) is 11.3 Å². The molecule has 25 heavy (non-hydrogen) atoms. The largest absolute Gasteiger partial charge is 0.250 e. The second-order valence-electron chi connectivity index (χ2n) is 6.36. The van der Waals surface area contributed by atoms with Crippen molar-refractivity contribution in [1.29, 1.82) is 0 Å². The fourth-order valence-electron chi connectivity index (χ4n) is 2.92. The lowest BCUT2D eigenvalue weighted by Crippen LogP contribution is -2.29. The van der Waals surface area contributed by atoms with Crippen molar-refractivity contribution in [3.8, 4) is 5.00 Å². The van der Waals surface area contributed by atoms with Crippen LogP contribution in [0.25, 0.3) is 5.00 Å². The van der Waals surface area contributed by atoms with Crippen molar-refractivity contribution in [3.63, 3.8) is 0 Å². The van der Waals surface area contributed by atoms with Crippen LogP contribution >= 0.6 is 22.9 Å². The van der Waals surface area contributed by atoms with Gasteiger partial charge in [-0.1, -0.05) is 48.9 Å². The van der Waals surface area contributed by atoms with Crippen LogP contribution < -0.4 is 4.72 Å². The number of rotatable bonds is 5. The Labute approximate surface area is 155 Å². The van der Waals surface area contributed by atoms with Crippen LogP contribution in [0.3, 0.4) is 0 Å². The van der Waals surface area contributed by atoms with E-state index in [9.17, 15) is 8.42 Å². The van der Waals surface area contributed by atoms with Crippen LogP contribution in [0.4, 0.5) is 0 Å². The first-order valence-corrected chi connectivity index (χ1v) is 10.4. The van der Waals surface area contributed by atoms with Crippen LogP contribution in [0, 0.1) is 0 Å². The molecule has 0 amide bonds. The predicted molar refractivity (Wildman–Crippen MR) is 99.0 cm³/mol. The highest BCUT2D eigenvalue weighted by molar-refractivity contribution is 7.91. The summed E-state index contributed by atoms with van der Waals surface area (Å²) in [6.45, 7) is 2.08. The molecule has 1 fully saturated rings. The molecule has 1 saturated carbocycles. The molecular formula is C17H16ClN3O2S2. The number of hydrogen-bond donors (Lipinski definition) is 1. The summed E-state index contributed by atoms with van der Waals surface area (Å²) in [5.74, 6) is 0. The van der Waals surface area contributed by atoms with Gasteiger partial charge in [0.1, 0.15) is 9.21 Å². The number of sulfonamides is 1. The zero-order valence-corrected chi connectivity index (χ0v) is 15.8. The molecule has 0 aliphatic heterocycles. The molecule has 1 aliphatic rings. The Morgan fingerprint density at radius 3 is 2.72 bits per heavy atom. The van der Waals surface area contributed by atoms with Gasteiger partial charge in [-0.3, -0.25) is 0 Å². The molecule has 3 aromatic rings. The van der Waals surface area contributed by atoms with E-state index in [0.29, 0.717) is 10.0 Å². The molecule has 2 aromatic heterocycles. The first-order chi connectivity index (χ1) is 11.9. The Hall–Kier alpha value is -1.67. The topological polar surface area (TPSA) is 64.0 Å². The molecule has 4 rings (SSSR count). The van der Waals surface area contributed by atoms with Crippen LogP contribution in [0.1, 0.15) is 18.9 Å². The Morgan fingerprint density at radius 2 is 2.04 bits per heavy atom. The van der Waals surface area contributed by atoms with Gasteiger partial charge >= 0.3 is 0 Å². The maximum absolute atomic E-state index is 12.7. The number of nitrogens with one attached hydrogen (secondary N) is 1. The van der Waals surface area contributed by atoms with E-state index in [0.717, 1.165) is 23.3 Å². The SMILES string of the molecule is C[C@]1(c2ccccc2)C[C@@H]1NS(=O)(=O)c1ccc(-n2cc(Cl)cn2)s1. The van der Waals surface area contributed by atoms with E-state index in [4.69, 9.17) is 11.6 Å². The fourth-order valence-corrected chi connectivity index (χ4v) is 5.65. The molecule has 1 N–H and O–H groups in total. The average molecular weight is 394 g/mol. The maximum atomic E-state index is 12.7. The van der Waals surface area contributed by atoms with E-state index in [1.165, 1.54) is 6.20 Å². The van der Waals surface area contributed by atoms with Gasteiger partial charge in [0.2, 0.25) is 10.0 Å². The molecule has 0 radical (unpaired) electrons. The molecule has 8 heteroatoms. The zero-order chi connectivity index (χ0) is 17.7. The van der Waals surface area contributed by atoms with Gasteiger partial charge in [-0.05, 0) is 24.1 Å². The standard InChI is InChI=1S/C17H16ClN3O2S2/c1-17(12-5-3-2-4-6-12)9-14(17)20-25(22,23)16-8-7-15(24-16)21-11-13(18)10-19-21/h2-8,10-11,14,20H,9H2,1H3/t14-,17+/m0/s1. The monoisotopic (exact) mass is 393 g/mol. The summed E-state index contributed by atoms with van der Waals surface area (Å²) in [5.41, 5.74) is 1.00. The van der Waals surface area contributed by atoms with E-state index >= 15 is 0 Å². The third-order valence-electron chi connectivity index (χ3n) is 4.58. The number of hydrogen-bond acceptors (Lipinski definition) is 4. The second kappa shape index (κ2) is 5.95. The van der Waals surface area contributed by atoms with E-state index in [-0.39, 0.29) is 15.7 Å². The number of thiophene rings is 1. The van der Waals surface area contributed by atoms with E-state index in [2.05, 4.69) is 16.7 Å². The van der Waals surface area contributed by atoms with Gasteiger partial charge in [0.15, 0.2) is 0 Å².